The molecule has 5 aliphatic carbocycles. The van der Waals surface area contributed by atoms with E-state index in [1.54, 1.807) is 0 Å². The van der Waals surface area contributed by atoms with Crippen LogP contribution >= 0.6 is 0 Å². The Morgan fingerprint density at radius 3 is 2.52 bits per heavy atom. The molecule has 23 heavy (non-hydrogen) atoms. The van der Waals surface area contributed by atoms with E-state index in [4.69, 9.17) is 0 Å². The molecule has 3 fully saturated rings. The van der Waals surface area contributed by atoms with Gasteiger partial charge >= 0.3 is 0 Å². The first kappa shape index (κ1) is 15.8. The molecule has 2 N–H and O–H groups in total. The lowest BCUT2D eigenvalue weighted by Crippen LogP contribution is -2.65. The summed E-state index contributed by atoms with van der Waals surface area (Å²) in [5.74, 6) is 1.04. The Bertz CT molecular complexity index is 590. The van der Waals surface area contributed by atoms with Crippen LogP contribution in [0.2, 0.25) is 0 Å². The zero-order valence-corrected chi connectivity index (χ0v) is 14.8. The van der Waals surface area contributed by atoms with E-state index in [-0.39, 0.29) is 27.9 Å². The maximum atomic E-state index is 12.6. The van der Waals surface area contributed by atoms with Gasteiger partial charge in [0.05, 0.1) is 5.60 Å². The molecule has 0 saturated heterocycles. The zero-order valence-electron chi connectivity index (χ0n) is 14.8. The van der Waals surface area contributed by atoms with Crippen LogP contribution in [-0.2, 0) is 4.79 Å². The van der Waals surface area contributed by atoms with Gasteiger partial charge < -0.3 is 10.2 Å². The van der Waals surface area contributed by atoms with Crippen molar-refractivity contribution >= 4 is 5.78 Å². The molecule has 0 unspecified atom stereocenters. The second kappa shape index (κ2) is 4.29. The average Bonchev–Trinajstić information content (AvgIpc) is 2.43. The average molecular weight is 318 g/mol. The highest BCUT2D eigenvalue weighted by molar-refractivity contribution is 5.85. The molecular weight excluding hydrogens is 288 g/mol. The van der Waals surface area contributed by atoms with Crippen molar-refractivity contribution < 1.29 is 15.0 Å². The van der Waals surface area contributed by atoms with Crippen molar-refractivity contribution in [1.82, 2.24) is 0 Å². The lowest BCUT2D eigenvalue weighted by Gasteiger charge is -2.68. The number of aliphatic hydroxyl groups excluding tert-OH is 1. The van der Waals surface area contributed by atoms with Gasteiger partial charge in [-0.1, -0.05) is 32.9 Å². The van der Waals surface area contributed by atoms with Crippen LogP contribution in [0.3, 0.4) is 0 Å². The number of aliphatic hydroxyl groups is 2. The van der Waals surface area contributed by atoms with E-state index in [0.29, 0.717) is 18.3 Å². The number of hydrogen-bond acceptors (Lipinski definition) is 3. The Morgan fingerprint density at radius 1 is 1.17 bits per heavy atom. The van der Waals surface area contributed by atoms with Crippen LogP contribution < -0.4 is 0 Å². The van der Waals surface area contributed by atoms with Crippen LogP contribution in [0.25, 0.3) is 0 Å². The summed E-state index contributed by atoms with van der Waals surface area (Å²) in [5.41, 5.74) is -0.976. The monoisotopic (exact) mass is 318 g/mol. The molecule has 0 radical (unpaired) electrons. The predicted molar refractivity (Wildman–Crippen MR) is 88.7 cm³/mol. The summed E-state index contributed by atoms with van der Waals surface area (Å²) in [7, 11) is 0. The van der Waals surface area contributed by atoms with Crippen molar-refractivity contribution in [2.24, 2.45) is 34.0 Å². The molecule has 5 rings (SSSR count). The van der Waals surface area contributed by atoms with Crippen LogP contribution in [0.5, 0.6) is 0 Å². The molecule has 0 amide bonds. The van der Waals surface area contributed by atoms with E-state index in [1.807, 2.05) is 6.92 Å². The highest BCUT2D eigenvalue weighted by atomic mass is 16.3. The summed E-state index contributed by atoms with van der Waals surface area (Å²) in [4.78, 5) is 12.6. The highest BCUT2D eigenvalue weighted by Gasteiger charge is 2.67. The number of Topliss-reactive ketones (excluding diaryl/α,β-unsaturated/α-hetero) is 1. The summed E-state index contributed by atoms with van der Waals surface area (Å²) >= 11 is 0. The Morgan fingerprint density at radius 2 is 1.87 bits per heavy atom. The predicted octanol–water partition coefficient (Wildman–Crippen LogP) is 3.10. The maximum Gasteiger partial charge on any atom is 0.162 e. The SMILES string of the molecule is CC1(C)[C@H](O)C(=O)C[C@]2(C)[C@@H]1CC[C@@]13C=C[C@@H](C[C@H]12)[C@@](C)(O)C3. The molecule has 128 valence electrons. The van der Waals surface area contributed by atoms with Crippen LogP contribution in [0, 0.1) is 34.0 Å². The Kier molecular flexibility index (Phi) is 2.95. The molecule has 2 bridgehead atoms. The number of allylic oxidation sites excluding steroid dienone is 1. The lowest BCUT2D eigenvalue weighted by atomic mass is 9.37. The third-order valence-electron chi connectivity index (χ3n) is 8.28. The second-order valence-electron chi connectivity index (χ2n) is 9.99. The minimum atomic E-state index is -0.825. The Labute approximate surface area is 139 Å². The first-order valence-corrected chi connectivity index (χ1v) is 9.15. The molecule has 3 nitrogen and oxygen atoms in total. The number of fused-ring (bicyclic) bond motifs is 2. The molecule has 0 aromatic heterocycles. The first-order valence-electron chi connectivity index (χ1n) is 9.15. The number of hydrogen-bond donors (Lipinski definition) is 2. The standard InChI is InChI=1S/C20H30O3/c1-17(2)14-6-8-20-7-5-12(19(4,23)11-20)9-15(20)18(14,3)10-13(21)16(17)22/h5,7,12,14-16,22-23H,6,8-11H2,1-4H3/t12-,14+,15-,16+,18+,19-,20+/m0/s1. The lowest BCUT2D eigenvalue weighted by molar-refractivity contribution is -0.204. The summed E-state index contributed by atoms with van der Waals surface area (Å²) < 4.78 is 0. The van der Waals surface area contributed by atoms with E-state index in [9.17, 15) is 15.0 Å². The summed E-state index contributed by atoms with van der Waals surface area (Å²) in [6.07, 6.45) is 8.19. The minimum absolute atomic E-state index is 0.0167. The second-order valence-corrected chi connectivity index (χ2v) is 9.99. The van der Waals surface area contributed by atoms with Gasteiger partial charge in [-0.3, -0.25) is 4.79 Å². The van der Waals surface area contributed by atoms with Gasteiger partial charge in [-0.15, -0.1) is 0 Å². The highest BCUT2D eigenvalue weighted by Crippen LogP contribution is 2.70. The Hall–Kier alpha value is -0.670. The van der Waals surface area contributed by atoms with Crippen molar-refractivity contribution in [3.63, 3.8) is 0 Å². The van der Waals surface area contributed by atoms with Gasteiger partial charge in [-0.05, 0) is 55.3 Å². The van der Waals surface area contributed by atoms with E-state index < -0.39 is 11.7 Å². The molecule has 3 heteroatoms. The van der Waals surface area contributed by atoms with Gasteiger partial charge in [-0.2, -0.15) is 0 Å². The fourth-order valence-corrected chi connectivity index (χ4v) is 7.24. The fourth-order valence-electron chi connectivity index (χ4n) is 7.24. The number of carbonyl (C=O) groups is 1. The topological polar surface area (TPSA) is 57.5 Å². The van der Waals surface area contributed by atoms with Crippen molar-refractivity contribution in [2.45, 2.75) is 71.5 Å². The molecule has 0 aliphatic heterocycles. The summed E-state index contributed by atoms with van der Waals surface area (Å²) in [5, 5.41) is 21.3. The Balaban J connectivity index is 1.79. The number of rotatable bonds is 0. The molecular formula is C20H30O3. The van der Waals surface area contributed by atoms with Crippen LogP contribution in [0.1, 0.15) is 59.8 Å². The van der Waals surface area contributed by atoms with Gasteiger partial charge in [0.1, 0.15) is 6.10 Å². The minimum Gasteiger partial charge on any atom is -0.390 e. The van der Waals surface area contributed by atoms with Crippen molar-refractivity contribution in [2.75, 3.05) is 0 Å². The summed E-state index contributed by atoms with van der Waals surface area (Å²) in [6.45, 7) is 8.41. The normalized spacial score (nSPS) is 57.0. The smallest absolute Gasteiger partial charge is 0.162 e. The van der Waals surface area contributed by atoms with Gasteiger partial charge in [0.25, 0.3) is 0 Å². The number of ketones is 1. The first-order chi connectivity index (χ1) is 10.5. The van der Waals surface area contributed by atoms with Gasteiger partial charge in [0.15, 0.2) is 5.78 Å². The van der Waals surface area contributed by atoms with Gasteiger partial charge in [0, 0.05) is 17.8 Å². The fraction of sp³-hybridized carbons (Fsp3) is 0.850. The summed E-state index contributed by atoms with van der Waals surface area (Å²) in [6, 6.07) is 0. The van der Waals surface area contributed by atoms with Crippen molar-refractivity contribution in [1.29, 1.82) is 0 Å². The van der Waals surface area contributed by atoms with E-state index in [1.165, 1.54) is 0 Å². The van der Waals surface area contributed by atoms with Crippen LogP contribution in [0.15, 0.2) is 12.2 Å². The third kappa shape index (κ3) is 1.81. The molecule has 7 atom stereocenters. The number of carbonyl (C=O) groups excluding carboxylic acids is 1. The maximum absolute atomic E-state index is 12.6. The molecule has 0 heterocycles. The van der Waals surface area contributed by atoms with Crippen molar-refractivity contribution in [3.05, 3.63) is 12.2 Å². The van der Waals surface area contributed by atoms with Crippen molar-refractivity contribution in [3.8, 4) is 0 Å². The zero-order chi connectivity index (χ0) is 16.8. The van der Waals surface area contributed by atoms with Crippen LogP contribution in [0.4, 0.5) is 0 Å². The van der Waals surface area contributed by atoms with E-state index in [2.05, 4.69) is 32.9 Å². The largest absolute Gasteiger partial charge is 0.390 e. The molecule has 0 aromatic rings. The third-order valence-corrected chi connectivity index (χ3v) is 8.28. The van der Waals surface area contributed by atoms with Gasteiger partial charge in [0.2, 0.25) is 0 Å². The van der Waals surface area contributed by atoms with Gasteiger partial charge in [-0.25, -0.2) is 0 Å². The molecule has 0 aromatic carbocycles. The quantitative estimate of drug-likeness (QED) is 0.675. The molecule has 3 saturated carbocycles. The molecule has 5 aliphatic rings. The molecule has 1 spiro atoms. The van der Waals surface area contributed by atoms with E-state index in [0.717, 1.165) is 25.7 Å². The van der Waals surface area contributed by atoms with Crippen LogP contribution in [-0.4, -0.2) is 27.7 Å². The van der Waals surface area contributed by atoms with E-state index >= 15 is 0 Å².